The fourth-order valence-corrected chi connectivity index (χ4v) is 3.03. The van der Waals surface area contributed by atoms with Crippen LogP contribution in [0.25, 0.3) is 0 Å². The molecule has 162 valence electrons. The molecule has 0 bridgehead atoms. The summed E-state index contributed by atoms with van der Waals surface area (Å²) in [5.41, 5.74) is 0.285. The Morgan fingerprint density at radius 1 is 1.14 bits per heavy atom. The van der Waals surface area contributed by atoms with E-state index in [0.717, 1.165) is 24.6 Å². The highest BCUT2D eigenvalue weighted by Crippen LogP contribution is 2.15. The van der Waals surface area contributed by atoms with Crippen LogP contribution in [0.5, 0.6) is 0 Å². The molecule has 0 saturated carbocycles. The molecule has 29 heavy (non-hydrogen) atoms. The molecule has 3 atom stereocenters. The number of halogens is 2. The van der Waals surface area contributed by atoms with Crippen LogP contribution in [0.1, 0.15) is 45.1 Å². The van der Waals surface area contributed by atoms with Gasteiger partial charge in [0.15, 0.2) is 0 Å². The molecule has 0 saturated heterocycles. The zero-order valence-electron chi connectivity index (χ0n) is 16.8. The molecular formula is C21H30F2N2O4. The second-order valence-corrected chi connectivity index (χ2v) is 6.95. The zero-order valence-corrected chi connectivity index (χ0v) is 16.8. The first-order valence-electron chi connectivity index (χ1n) is 9.70. The molecule has 0 spiro atoms. The Hall–Kier alpha value is -2.32. The molecule has 0 aromatic heterocycles. The molecule has 0 aliphatic carbocycles. The Balaban J connectivity index is 2.83. The molecule has 1 rings (SSSR count). The quantitative estimate of drug-likeness (QED) is 0.395. The molecule has 0 radical (unpaired) electrons. The molecule has 1 unspecified atom stereocenters. The second kappa shape index (κ2) is 13.0. The van der Waals surface area contributed by atoms with Gasteiger partial charge in [-0.25, -0.2) is 8.78 Å². The van der Waals surface area contributed by atoms with Crippen LogP contribution < -0.4 is 10.6 Å². The van der Waals surface area contributed by atoms with Gasteiger partial charge in [-0.15, -0.1) is 0 Å². The molecule has 1 aromatic rings. The van der Waals surface area contributed by atoms with Gasteiger partial charge in [-0.3, -0.25) is 9.59 Å². The maximum absolute atomic E-state index is 13.5. The summed E-state index contributed by atoms with van der Waals surface area (Å²) in [7, 11) is 0. The lowest BCUT2D eigenvalue weighted by Crippen LogP contribution is -2.47. The van der Waals surface area contributed by atoms with Crippen molar-refractivity contribution in [1.82, 2.24) is 10.6 Å². The van der Waals surface area contributed by atoms with Crippen molar-refractivity contribution < 1.29 is 28.6 Å². The van der Waals surface area contributed by atoms with E-state index in [1.807, 2.05) is 13.0 Å². The van der Waals surface area contributed by atoms with Crippen LogP contribution in [0.15, 0.2) is 30.4 Å². The third kappa shape index (κ3) is 10.1. The minimum atomic E-state index is -1.10. The summed E-state index contributed by atoms with van der Waals surface area (Å²) in [6, 6.07) is 1.69. The van der Waals surface area contributed by atoms with Crippen LogP contribution in [0.3, 0.4) is 0 Å². The van der Waals surface area contributed by atoms with Crippen molar-refractivity contribution in [3.05, 3.63) is 47.5 Å². The Kier molecular flexibility index (Phi) is 11.1. The van der Waals surface area contributed by atoms with Gasteiger partial charge in [-0.2, -0.15) is 0 Å². The summed E-state index contributed by atoms with van der Waals surface area (Å²) in [4.78, 5) is 23.6. The van der Waals surface area contributed by atoms with Gasteiger partial charge in [-0.1, -0.05) is 19.1 Å². The van der Waals surface area contributed by atoms with Gasteiger partial charge in [0.2, 0.25) is 11.8 Å². The predicted molar refractivity (Wildman–Crippen MR) is 106 cm³/mol. The largest absolute Gasteiger partial charge is 0.396 e. The molecule has 8 heteroatoms. The van der Waals surface area contributed by atoms with E-state index < -0.39 is 35.7 Å². The smallest absolute Gasteiger partial charge is 0.224 e. The van der Waals surface area contributed by atoms with Gasteiger partial charge in [0.1, 0.15) is 11.6 Å². The summed E-state index contributed by atoms with van der Waals surface area (Å²) < 4.78 is 26.9. The summed E-state index contributed by atoms with van der Waals surface area (Å²) in [6.07, 6.45) is 3.78. The lowest BCUT2D eigenvalue weighted by molar-refractivity contribution is -0.122. The van der Waals surface area contributed by atoms with Gasteiger partial charge in [0.25, 0.3) is 0 Å². The highest BCUT2D eigenvalue weighted by Gasteiger charge is 2.25. The molecule has 0 aliphatic rings. The number of allylic oxidation sites excluding steroid dienone is 1. The minimum absolute atomic E-state index is 0.00839. The van der Waals surface area contributed by atoms with E-state index in [0.29, 0.717) is 0 Å². The summed E-state index contributed by atoms with van der Waals surface area (Å²) in [6.45, 7) is 3.03. The number of aliphatic hydroxyl groups is 2. The SMILES string of the molecule is CC/C=C/CC(=O)NC(CCO)C[C@H](O)[C@H](Cc1cc(F)cc(F)c1)NC(C)=O. The van der Waals surface area contributed by atoms with Gasteiger partial charge >= 0.3 is 0 Å². The van der Waals surface area contributed by atoms with Crippen molar-refractivity contribution in [2.75, 3.05) is 6.61 Å². The van der Waals surface area contributed by atoms with Crippen molar-refractivity contribution in [2.45, 2.75) is 64.1 Å². The summed E-state index contributed by atoms with van der Waals surface area (Å²) in [5, 5.41) is 25.2. The maximum Gasteiger partial charge on any atom is 0.224 e. The third-order valence-electron chi connectivity index (χ3n) is 4.31. The molecular weight excluding hydrogens is 382 g/mol. The number of rotatable bonds is 12. The van der Waals surface area contributed by atoms with Crippen molar-refractivity contribution >= 4 is 11.8 Å². The van der Waals surface area contributed by atoms with E-state index in [2.05, 4.69) is 10.6 Å². The molecule has 4 N–H and O–H groups in total. The molecule has 1 aromatic carbocycles. The van der Waals surface area contributed by atoms with E-state index in [-0.39, 0.29) is 43.8 Å². The third-order valence-corrected chi connectivity index (χ3v) is 4.31. The van der Waals surface area contributed by atoms with Crippen LogP contribution in [0.2, 0.25) is 0 Å². The van der Waals surface area contributed by atoms with E-state index >= 15 is 0 Å². The number of amides is 2. The number of hydrogen-bond acceptors (Lipinski definition) is 4. The number of carbonyl (C=O) groups excluding carboxylic acids is 2. The number of aliphatic hydroxyl groups excluding tert-OH is 2. The molecule has 0 fully saturated rings. The van der Waals surface area contributed by atoms with Crippen LogP contribution in [0.4, 0.5) is 8.78 Å². The van der Waals surface area contributed by atoms with Gasteiger partial charge in [0, 0.05) is 32.1 Å². The fourth-order valence-electron chi connectivity index (χ4n) is 3.03. The zero-order chi connectivity index (χ0) is 21.8. The van der Waals surface area contributed by atoms with Crippen LogP contribution in [0, 0.1) is 11.6 Å². The molecule has 2 amide bonds. The van der Waals surface area contributed by atoms with Crippen molar-refractivity contribution in [1.29, 1.82) is 0 Å². The summed E-state index contributed by atoms with van der Waals surface area (Å²) >= 11 is 0. The van der Waals surface area contributed by atoms with Crippen molar-refractivity contribution in [3.8, 4) is 0 Å². The average Bonchev–Trinajstić information content (AvgIpc) is 2.60. The highest BCUT2D eigenvalue weighted by molar-refractivity contribution is 5.77. The Bertz CT molecular complexity index is 677. The Labute approximate surface area is 170 Å². The van der Waals surface area contributed by atoms with E-state index in [1.54, 1.807) is 6.08 Å². The van der Waals surface area contributed by atoms with Crippen LogP contribution in [-0.2, 0) is 16.0 Å². The normalized spacial score (nSPS) is 14.4. The van der Waals surface area contributed by atoms with Gasteiger partial charge in [-0.05, 0) is 43.4 Å². The molecule has 0 heterocycles. The van der Waals surface area contributed by atoms with Gasteiger partial charge in [0.05, 0.1) is 12.1 Å². The number of benzene rings is 1. The van der Waals surface area contributed by atoms with Crippen molar-refractivity contribution in [2.24, 2.45) is 0 Å². The van der Waals surface area contributed by atoms with E-state index in [1.165, 1.54) is 6.92 Å². The standard InChI is InChI=1S/C21H30F2N2O4/c1-3-4-5-6-21(29)25-18(7-8-26)13-20(28)19(24-14(2)27)11-15-9-16(22)12-17(23)10-15/h4-5,9-10,12,18-20,26,28H,3,6-8,11,13H2,1-2H3,(H,24,27)(H,25,29)/b5-4+/t18?,19-,20-/m0/s1. The van der Waals surface area contributed by atoms with Crippen LogP contribution in [-0.4, -0.2) is 46.8 Å². The highest BCUT2D eigenvalue weighted by atomic mass is 19.1. The first kappa shape index (κ1) is 24.7. The average molecular weight is 412 g/mol. The lowest BCUT2D eigenvalue weighted by atomic mass is 9.95. The number of nitrogens with one attached hydrogen (secondary N) is 2. The summed E-state index contributed by atoms with van der Waals surface area (Å²) in [5.74, 6) is -2.15. The predicted octanol–water partition coefficient (Wildman–Crippen LogP) is 1.99. The second-order valence-electron chi connectivity index (χ2n) is 6.95. The Morgan fingerprint density at radius 3 is 2.34 bits per heavy atom. The fraction of sp³-hybridized carbons (Fsp3) is 0.524. The molecule has 0 aliphatic heterocycles. The molecule has 6 nitrogen and oxygen atoms in total. The van der Waals surface area contributed by atoms with E-state index in [4.69, 9.17) is 0 Å². The van der Waals surface area contributed by atoms with Gasteiger partial charge < -0.3 is 20.8 Å². The lowest BCUT2D eigenvalue weighted by Gasteiger charge is -2.28. The topological polar surface area (TPSA) is 98.7 Å². The number of hydrogen-bond donors (Lipinski definition) is 4. The minimum Gasteiger partial charge on any atom is -0.396 e. The van der Waals surface area contributed by atoms with E-state index in [9.17, 15) is 28.6 Å². The number of carbonyl (C=O) groups is 2. The maximum atomic E-state index is 13.5. The Morgan fingerprint density at radius 2 is 1.79 bits per heavy atom. The van der Waals surface area contributed by atoms with Crippen molar-refractivity contribution in [3.63, 3.8) is 0 Å². The monoisotopic (exact) mass is 412 g/mol. The first-order chi connectivity index (χ1) is 13.7. The first-order valence-corrected chi connectivity index (χ1v) is 9.70. The van der Waals surface area contributed by atoms with Crippen LogP contribution >= 0.6 is 0 Å².